The zero-order valence-corrected chi connectivity index (χ0v) is 11.4. The Bertz CT molecular complexity index is 501. The maximum atomic E-state index is 12.6. The quantitative estimate of drug-likeness (QED) is 0.846. The normalized spacial score (nSPS) is 15.3. The van der Waals surface area contributed by atoms with Gasteiger partial charge >= 0.3 is 6.18 Å². The summed E-state index contributed by atoms with van der Waals surface area (Å²) in [5.74, 6) is -0.380. The highest BCUT2D eigenvalue weighted by Gasteiger charge is 2.31. The van der Waals surface area contributed by atoms with Gasteiger partial charge in [0.1, 0.15) is 0 Å². The van der Waals surface area contributed by atoms with E-state index in [1.165, 1.54) is 12.1 Å². The number of anilines is 1. The molecule has 21 heavy (non-hydrogen) atoms. The van der Waals surface area contributed by atoms with Crippen molar-refractivity contribution in [3.05, 3.63) is 29.8 Å². The molecule has 116 valence electrons. The average molecular weight is 302 g/mol. The molecule has 1 amide bonds. The number of aliphatic hydroxyl groups excluding tert-OH is 1. The second kappa shape index (κ2) is 6.44. The van der Waals surface area contributed by atoms with Crippen molar-refractivity contribution >= 4 is 11.6 Å². The van der Waals surface area contributed by atoms with Crippen molar-refractivity contribution in [2.24, 2.45) is 0 Å². The topological polar surface area (TPSA) is 52.6 Å². The van der Waals surface area contributed by atoms with Crippen molar-refractivity contribution in [2.75, 3.05) is 25.0 Å². The van der Waals surface area contributed by atoms with Crippen LogP contribution in [0.5, 0.6) is 0 Å². The largest absolute Gasteiger partial charge is 0.416 e. The number of rotatable bonds is 6. The molecule has 1 aliphatic carbocycles. The minimum atomic E-state index is -4.43. The van der Waals surface area contributed by atoms with Crippen LogP contribution in [0.4, 0.5) is 18.9 Å². The zero-order chi connectivity index (χ0) is 15.5. The highest BCUT2D eigenvalue weighted by Crippen LogP contribution is 2.30. The molecular weight excluding hydrogens is 285 g/mol. The van der Waals surface area contributed by atoms with Crippen LogP contribution in [0.15, 0.2) is 24.3 Å². The summed E-state index contributed by atoms with van der Waals surface area (Å²) in [4.78, 5) is 13.7. The smallest absolute Gasteiger partial charge is 0.395 e. The molecule has 2 N–H and O–H groups in total. The summed E-state index contributed by atoms with van der Waals surface area (Å²) < 4.78 is 37.7. The summed E-state index contributed by atoms with van der Waals surface area (Å²) in [6.45, 7) is 0.412. The number of nitrogens with one attached hydrogen (secondary N) is 1. The van der Waals surface area contributed by atoms with Gasteiger partial charge in [0.15, 0.2) is 0 Å². The SMILES string of the molecule is O=C(CN(CCO)C1CC1)Nc1cccc(C(F)(F)F)c1. The van der Waals surface area contributed by atoms with Gasteiger partial charge in [-0.2, -0.15) is 13.2 Å². The number of carbonyl (C=O) groups excluding carboxylic acids is 1. The average Bonchev–Trinajstić information content (AvgIpc) is 3.21. The Balaban J connectivity index is 1.96. The Hall–Kier alpha value is -1.60. The fourth-order valence-electron chi connectivity index (χ4n) is 2.12. The van der Waals surface area contributed by atoms with Crippen LogP contribution in [-0.4, -0.2) is 41.7 Å². The van der Waals surface area contributed by atoms with Crippen molar-refractivity contribution in [3.8, 4) is 0 Å². The summed E-state index contributed by atoms with van der Waals surface area (Å²) in [6.07, 6.45) is -2.47. The van der Waals surface area contributed by atoms with E-state index in [0.717, 1.165) is 25.0 Å². The first-order valence-electron chi connectivity index (χ1n) is 6.72. The molecule has 7 heteroatoms. The van der Waals surface area contributed by atoms with E-state index < -0.39 is 11.7 Å². The van der Waals surface area contributed by atoms with Crippen LogP contribution in [0.3, 0.4) is 0 Å². The number of nitrogens with zero attached hydrogens (tertiary/aromatic N) is 1. The first kappa shape index (κ1) is 15.8. The number of alkyl halides is 3. The Kier molecular flexibility index (Phi) is 4.84. The summed E-state index contributed by atoms with van der Waals surface area (Å²) >= 11 is 0. The molecule has 1 aromatic carbocycles. The predicted octanol–water partition coefficient (Wildman–Crippen LogP) is 2.10. The van der Waals surface area contributed by atoms with Crippen molar-refractivity contribution in [1.82, 2.24) is 4.90 Å². The number of hydrogen-bond acceptors (Lipinski definition) is 3. The van der Waals surface area contributed by atoms with Crippen LogP contribution in [0, 0.1) is 0 Å². The van der Waals surface area contributed by atoms with Gasteiger partial charge in [-0.25, -0.2) is 0 Å². The van der Waals surface area contributed by atoms with E-state index in [-0.39, 0.29) is 24.7 Å². The third-order valence-corrected chi connectivity index (χ3v) is 3.27. The van der Waals surface area contributed by atoms with Crippen LogP contribution in [0.2, 0.25) is 0 Å². The van der Waals surface area contributed by atoms with Crippen LogP contribution in [0.1, 0.15) is 18.4 Å². The fraction of sp³-hybridized carbons (Fsp3) is 0.500. The molecule has 0 radical (unpaired) electrons. The fourth-order valence-corrected chi connectivity index (χ4v) is 2.12. The monoisotopic (exact) mass is 302 g/mol. The van der Waals surface area contributed by atoms with Crippen LogP contribution in [-0.2, 0) is 11.0 Å². The van der Waals surface area contributed by atoms with Gasteiger partial charge in [-0.05, 0) is 31.0 Å². The number of hydrogen-bond donors (Lipinski definition) is 2. The lowest BCUT2D eigenvalue weighted by Crippen LogP contribution is -2.36. The van der Waals surface area contributed by atoms with Crippen molar-refractivity contribution in [2.45, 2.75) is 25.1 Å². The van der Waals surface area contributed by atoms with Crippen molar-refractivity contribution in [3.63, 3.8) is 0 Å². The molecule has 1 aliphatic rings. The first-order chi connectivity index (χ1) is 9.90. The van der Waals surface area contributed by atoms with Gasteiger partial charge in [0.2, 0.25) is 5.91 Å². The van der Waals surface area contributed by atoms with Crippen LogP contribution < -0.4 is 5.32 Å². The van der Waals surface area contributed by atoms with Gasteiger partial charge < -0.3 is 10.4 Å². The van der Waals surface area contributed by atoms with E-state index in [4.69, 9.17) is 5.11 Å². The zero-order valence-electron chi connectivity index (χ0n) is 11.4. The minimum absolute atomic E-state index is 0.0483. The van der Waals surface area contributed by atoms with Gasteiger partial charge in [-0.15, -0.1) is 0 Å². The second-order valence-corrected chi connectivity index (χ2v) is 5.05. The second-order valence-electron chi connectivity index (χ2n) is 5.05. The van der Waals surface area contributed by atoms with E-state index in [2.05, 4.69) is 5.32 Å². The Morgan fingerprint density at radius 3 is 2.67 bits per heavy atom. The summed E-state index contributed by atoms with van der Waals surface area (Å²) in [5, 5.41) is 11.4. The standard InChI is InChI=1S/C14H17F3N2O2/c15-14(16,17)10-2-1-3-11(8-10)18-13(21)9-19(6-7-20)12-4-5-12/h1-3,8,12,20H,4-7,9H2,(H,18,21). The number of amides is 1. The van der Waals surface area contributed by atoms with Gasteiger partial charge in [0.25, 0.3) is 0 Å². The van der Waals surface area contributed by atoms with Gasteiger partial charge in [0.05, 0.1) is 18.7 Å². The molecule has 4 nitrogen and oxygen atoms in total. The molecule has 0 saturated heterocycles. The van der Waals surface area contributed by atoms with E-state index >= 15 is 0 Å². The maximum absolute atomic E-state index is 12.6. The van der Waals surface area contributed by atoms with Gasteiger partial charge in [0, 0.05) is 18.3 Å². The lowest BCUT2D eigenvalue weighted by atomic mass is 10.2. The number of carbonyl (C=O) groups is 1. The number of benzene rings is 1. The predicted molar refractivity (Wildman–Crippen MR) is 71.8 cm³/mol. The molecule has 0 spiro atoms. The third kappa shape index (κ3) is 4.71. The lowest BCUT2D eigenvalue weighted by Gasteiger charge is -2.20. The molecule has 0 aromatic heterocycles. The number of halogens is 3. The molecule has 2 rings (SSSR count). The lowest BCUT2D eigenvalue weighted by molar-refractivity contribution is -0.137. The molecule has 1 fully saturated rings. The molecule has 0 heterocycles. The Morgan fingerprint density at radius 2 is 2.10 bits per heavy atom. The maximum Gasteiger partial charge on any atom is 0.416 e. The van der Waals surface area contributed by atoms with Crippen molar-refractivity contribution < 1.29 is 23.1 Å². The molecule has 0 atom stereocenters. The summed E-state index contributed by atoms with van der Waals surface area (Å²) in [6, 6.07) is 4.83. The van der Waals surface area contributed by atoms with Crippen molar-refractivity contribution in [1.29, 1.82) is 0 Å². The highest BCUT2D eigenvalue weighted by molar-refractivity contribution is 5.92. The molecular formula is C14H17F3N2O2. The first-order valence-corrected chi connectivity index (χ1v) is 6.72. The van der Waals surface area contributed by atoms with Gasteiger partial charge in [-0.3, -0.25) is 9.69 Å². The number of aliphatic hydroxyl groups is 1. The van der Waals surface area contributed by atoms with E-state index in [0.29, 0.717) is 12.6 Å². The Morgan fingerprint density at radius 1 is 1.38 bits per heavy atom. The highest BCUT2D eigenvalue weighted by atomic mass is 19.4. The third-order valence-electron chi connectivity index (χ3n) is 3.27. The summed E-state index contributed by atoms with van der Waals surface area (Å²) in [5.41, 5.74) is -0.677. The molecule has 1 saturated carbocycles. The van der Waals surface area contributed by atoms with E-state index in [1.54, 1.807) is 0 Å². The van der Waals surface area contributed by atoms with E-state index in [1.807, 2.05) is 4.90 Å². The molecule has 0 unspecified atom stereocenters. The minimum Gasteiger partial charge on any atom is -0.395 e. The van der Waals surface area contributed by atoms with E-state index in [9.17, 15) is 18.0 Å². The van der Waals surface area contributed by atoms with Gasteiger partial charge in [-0.1, -0.05) is 6.07 Å². The van der Waals surface area contributed by atoms with Crippen LogP contribution >= 0.6 is 0 Å². The van der Waals surface area contributed by atoms with Crippen LogP contribution in [0.25, 0.3) is 0 Å². The molecule has 0 bridgehead atoms. The molecule has 0 aliphatic heterocycles. The Labute approximate surface area is 120 Å². The summed E-state index contributed by atoms with van der Waals surface area (Å²) in [7, 11) is 0. The molecule has 1 aromatic rings.